The molecule has 0 aromatic carbocycles. The van der Waals surface area contributed by atoms with E-state index in [1.165, 1.54) is 11.3 Å². The van der Waals surface area contributed by atoms with Gasteiger partial charge < -0.3 is 10.0 Å². The highest BCUT2D eigenvalue weighted by Gasteiger charge is 2.43. The van der Waals surface area contributed by atoms with Gasteiger partial charge in [-0.1, -0.05) is 19.9 Å². The van der Waals surface area contributed by atoms with Gasteiger partial charge in [0.1, 0.15) is 0 Å². The van der Waals surface area contributed by atoms with Gasteiger partial charge in [0.2, 0.25) is 0 Å². The first-order chi connectivity index (χ1) is 9.06. The van der Waals surface area contributed by atoms with Gasteiger partial charge >= 0.3 is 0 Å². The topological polar surface area (TPSA) is 36.4 Å². The molecule has 1 unspecified atom stereocenters. The Morgan fingerprint density at radius 1 is 1.33 bits per heavy atom. The molecule has 116 valence electrons. The monoisotopic (exact) mass is 328 g/mol. The molecule has 1 aromatic heterocycles. The summed E-state index contributed by atoms with van der Waals surface area (Å²) in [5.74, 6) is 0.930. The van der Waals surface area contributed by atoms with Crippen molar-refractivity contribution in [3.63, 3.8) is 0 Å². The van der Waals surface area contributed by atoms with Crippen molar-refractivity contribution in [1.29, 1.82) is 0 Å². The number of likely N-dealkylation sites (tertiary alicyclic amines) is 1. The number of aliphatic hydroxyl groups excluding tert-OH is 1. The lowest BCUT2D eigenvalue weighted by Crippen LogP contribution is -2.23. The van der Waals surface area contributed by atoms with E-state index in [9.17, 15) is 5.11 Å². The molecule has 21 heavy (non-hydrogen) atoms. The lowest BCUT2D eigenvalue weighted by molar-refractivity contribution is 0.248. The van der Waals surface area contributed by atoms with Gasteiger partial charge in [0.25, 0.3) is 0 Å². The summed E-state index contributed by atoms with van der Waals surface area (Å²) >= 11 is 0. The summed E-state index contributed by atoms with van der Waals surface area (Å²) in [6.07, 6.45) is 8.42. The number of hydrogen-bond donors (Lipinski definition) is 1. The van der Waals surface area contributed by atoms with Crippen molar-refractivity contribution in [2.45, 2.75) is 26.8 Å². The summed E-state index contributed by atoms with van der Waals surface area (Å²) < 4.78 is 0. The Morgan fingerprint density at radius 3 is 2.76 bits per heavy atom. The van der Waals surface area contributed by atoms with Crippen molar-refractivity contribution in [1.82, 2.24) is 9.88 Å². The van der Waals surface area contributed by atoms with E-state index in [-0.39, 0.29) is 30.2 Å². The standard InChI is InChI=1S/C16H20N2O.2ClH/c1-16(2)11-18(10-12-4-3-7-17-9-12)15-6-5-13(19)8-14(15)16;;/h3-7,9,14,19H,8,10-11H2,1-2H3;2*1H. The van der Waals surface area contributed by atoms with Gasteiger partial charge in [-0.05, 0) is 29.2 Å². The third kappa shape index (κ3) is 3.53. The van der Waals surface area contributed by atoms with Crippen molar-refractivity contribution in [3.05, 3.63) is 53.7 Å². The number of aliphatic hydroxyl groups is 1. The molecule has 0 saturated carbocycles. The fourth-order valence-corrected chi connectivity index (χ4v) is 3.23. The predicted molar refractivity (Wildman–Crippen MR) is 89.8 cm³/mol. The number of rotatable bonds is 2. The molecule has 1 fully saturated rings. The molecule has 2 heterocycles. The fraction of sp³-hybridized carbons (Fsp3) is 0.438. The van der Waals surface area contributed by atoms with E-state index in [0.29, 0.717) is 11.7 Å². The molecular weight excluding hydrogens is 307 g/mol. The van der Waals surface area contributed by atoms with Crippen LogP contribution < -0.4 is 0 Å². The first-order valence-corrected chi connectivity index (χ1v) is 6.80. The van der Waals surface area contributed by atoms with E-state index >= 15 is 0 Å². The van der Waals surface area contributed by atoms with E-state index < -0.39 is 0 Å². The Kier molecular flexibility index (Phi) is 5.71. The molecule has 0 bridgehead atoms. The van der Waals surface area contributed by atoms with Gasteiger partial charge in [-0.25, -0.2) is 0 Å². The van der Waals surface area contributed by atoms with Gasteiger partial charge in [-0.3, -0.25) is 4.98 Å². The van der Waals surface area contributed by atoms with E-state index in [2.05, 4.69) is 35.9 Å². The zero-order valence-corrected chi connectivity index (χ0v) is 14.0. The van der Waals surface area contributed by atoms with Crippen molar-refractivity contribution >= 4 is 24.8 Å². The van der Waals surface area contributed by atoms with Gasteiger partial charge in [0.15, 0.2) is 0 Å². The molecule has 0 radical (unpaired) electrons. The quantitative estimate of drug-likeness (QED) is 0.887. The molecule has 3 nitrogen and oxygen atoms in total. The van der Waals surface area contributed by atoms with Crippen molar-refractivity contribution in [2.24, 2.45) is 11.3 Å². The second kappa shape index (κ2) is 6.71. The predicted octanol–water partition coefficient (Wildman–Crippen LogP) is 4.11. The molecule has 1 aromatic rings. The van der Waals surface area contributed by atoms with Crippen LogP contribution in [0.15, 0.2) is 48.1 Å². The summed E-state index contributed by atoms with van der Waals surface area (Å²) in [4.78, 5) is 6.60. The molecule has 0 amide bonds. The van der Waals surface area contributed by atoms with E-state index in [0.717, 1.165) is 19.5 Å². The van der Waals surface area contributed by atoms with Crippen LogP contribution in [0.5, 0.6) is 0 Å². The minimum absolute atomic E-state index is 0. The SMILES string of the molecule is CC1(C)CN(Cc2cccnc2)C2=CC=C(O)CC21.Cl.Cl. The van der Waals surface area contributed by atoms with Crippen LogP contribution in [0.3, 0.4) is 0 Å². The summed E-state index contributed by atoms with van der Waals surface area (Å²) in [6.45, 7) is 6.49. The van der Waals surface area contributed by atoms with Gasteiger partial charge in [0.05, 0.1) is 5.76 Å². The average molecular weight is 329 g/mol. The smallest absolute Gasteiger partial charge is 0.0930 e. The highest BCUT2D eigenvalue weighted by molar-refractivity contribution is 5.85. The number of aromatic nitrogens is 1. The molecule has 5 heteroatoms. The molecular formula is C16H22Cl2N2O. The van der Waals surface area contributed by atoms with Crippen LogP contribution in [0.2, 0.25) is 0 Å². The van der Waals surface area contributed by atoms with Crippen LogP contribution in [0.25, 0.3) is 0 Å². The molecule has 1 atom stereocenters. The Bertz CT molecular complexity index is 540. The molecule has 2 aliphatic rings. The minimum Gasteiger partial charge on any atom is -0.512 e. The number of pyridine rings is 1. The molecule has 1 N–H and O–H groups in total. The van der Waals surface area contributed by atoms with Gasteiger partial charge in [-0.2, -0.15) is 0 Å². The molecule has 0 spiro atoms. The molecule has 1 aliphatic heterocycles. The van der Waals surface area contributed by atoms with Crippen LogP contribution in [-0.2, 0) is 6.54 Å². The zero-order chi connectivity index (χ0) is 13.5. The molecule has 1 aliphatic carbocycles. The second-order valence-corrected chi connectivity index (χ2v) is 6.21. The summed E-state index contributed by atoms with van der Waals surface area (Å²) in [5, 5.41) is 9.75. The number of hydrogen-bond acceptors (Lipinski definition) is 3. The van der Waals surface area contributed by atoms with Crippen LogP contribution in [-0.4, -0.2) is 21.5 Å². The summed E-state index contributed by atoms with van der Waals surface area (Å²) in [5.41, 5.74) is 2.79. The minimum atomic E-state index is 0. The van der Waals surface area contributed by atoms with Crippen molar-refractivity contribution in [2.75, 3.05) is 6.54 Å². The van der Waals surface area contributed by atoms with Crippen LogP contribution >= 0.6 is 24.8 Å². The first-order valence-electron chi connectivity index (χ1n) is 6.80. The molecule has 1 saturated heterocycles. The largest absolute Gasteiger partial charge is 0.512 e. The Labute approximate surface area is 138 Å². The van der Waals surface area contributed by atoms with E-state index in [1.807, 2.05) is 18.3 Å². The maximum atomic E-state index is 9.75. The van der Waals surface area contributed by atoms with Gasteiger partial charge in [-0.15, -0.1) is 24.8 Å². The van der Waals surface area contributed by atoms with Crippen LogP contribution in [0, 0.1) is 11.3 Å². The highest BCUT2D eigenvalue weighted by Crippen LogP contribution is 2.47. The first kappa shape index (κ1) is 17.9. The molecule has 3 rings (SSSR count). The second-order valence-electron chi connectivity index (χ2n) is 6.21. The maximum Gasteiger partial charge on any atom is 0.0930 e. The number of allylic oxidation sites excluding steroid dienone is 4. The van der Waals surface area contributed by atoms with Crippen LogP contribution in [0.4, 0.5) is 0 Å². The number of fused-ring (bicyclic) bond motifs is 1. The van der Waals surface area contributed by atoms with Gasteiger partial charge in [0, 0.05) is 43.5 Å². The lowest BCUT2D eigenvalue weighted by atomic mass is 9.77. The Hall–Kier alpha value is -1.19. The van der Waals surface area contributed by atoms with Crippen LogP contribution in [0.1, 0.15) is 25.8 Å². The van der Waals surface area contributed by atoms with E-state index in [1.54, 1.807) is 6.20 Å². The normalized spacial score (nSPS) is 22.4. The Balaban J connectivity index is 0.00000110. The van der Waals surface area contributed by atoms with E-state index in [4.69, 9.17) is 0 Å². The zero-order valence-electron chi connectivity index (χ0n) is 12.3. The Morgan fingerprint density at radius 2 is 2.10 bits per heavy atom. The highest BCUT2D eigenvalue weighted by atomic mass is 35.5. The average Bonchev–Trinajstić information content (AvgIpc) is 2.62. The third-order valence-corrected chi connectivity index (χ3v) is 4.22. The lowest BCUT2D eigenvalue weighted by Gasteiger charge is -2.27. The number of nitrogens with zero attached hydrogens (tertiary/aromatic N) is 2. The third-order valence-electron chi connectivity index (χ3n) is 4.22. The number of halogens is 2. The van der Waals surface area contributed by atoms with Crippen molar-refractivity contribution in [3.8, 4) is 0 Å². The summed E-state index contributed by atoms with van der Waals surface area (Å²) in [6, 6.07) is 4.10. The fourth-order valence-electron chi connectivity index (χ4n) is 3.23. The maximum absolute atomic E-state index is 9.75. The summed E-state index contributed by atoms with van der Waals surface area (Å²) in [7, 11) is 0. The van der Waals surface area contributed by atoms with Crippen molar-refractivity contribution < 1.29 is 5.11 Å².